The average molecular weight is 380 g/mol. The third-order valence-corrected chi connectivity index (χ3v) is 5.51. The van der Waals surface area contributed by atoms with Crippen molar-refractivity contribution in [3.63, 3.8) is 0 Å². The van der Waals surface area contributed by atoms with Crippen molar-refractivity contribution in [2.45, 2.75) is 18.9 Å². The molecule has 122 valence electrons. The number of carbonyl (C=O) groups is 1. The van der Waals surface area contributed by atoms with Gasteiger partial charge in [0, 0.05) is 18.5 Å². The van der Waals surface area contributed by atoms with Gasteiger partial charge < -0.3 is 10.2 Å². The highest BCUT2D eigenvalue weighted by Crippen LogP contribution is 2.28. The molecule has 2 aromatic rings. The van der Waals surface area contributed by atoms with Crippen LogP contribution < -0.4 is 5.32 Å². The summed E-state index contributed by atoms with van der Waals surface area (Å²) in [4.78, 5) is 19.9. The molecule has 0 aromatic carbocycles. The zero-order valence-electron chi connectivity index (χ0n) is 12.2. The van der Waals surface area contributed by atoms with Gasteiger partial charge in [0.05, 0.1) is 4.88 Å². The molecule has 1 aliphatic heterocycles. The van der Waals surface area contributed by atoms with Crippen molar-refractivity contribution >= 4 is 53.4 Å². The predicted molar refractivity (Wildman–Crippen MR) is 97.9 cm³/mol. The van der Waals surface area contributed by atoms with Gasteiger partial charge in [-0.2, -0.15) is 0 Å². The first-order valence-corrected chi connectivity index (χ1v) is 8.49. The summed E-state index contributed by atoms with van der Waals surface area (Å²) in [7, 11) is 1.89. The summed E-state index contributed by atoms with van der Waals surface area (Å²) in [5, 5.41) is 8.15. The summed E-state index contributed by atoms with van der Waals surface area (Å²) >= 11 is 3.19. The molecule has 1 amide bonds. The van der Waals surface area contributed by atoms with Gasteiger partial charge in [-0.1, -0.05) is 6.07 Å². The third-order valence-electron chi connectivity index (χ3n) is 3.63. The van der Waals surface area contributed by atoms with Crippen molar-refractivity contribution in [1.82, 2.24) is 15.2 Å². The molecule has 0 radical (unpaired) electrons. The second kappa shape index (κ2) is 8.84. The third kappa shape index (κ3) is 4.20. The largest absolute Gasteiger partial charge is 0.337 e. The minimum Gasteiger partial charge on any atom is -0.337 e. The molecule has 2 aromatic heterocycles. The Kier molecular flexibility index (Phi) is 7.79. The number of piperidine rings is 1. The van der Waals surface area contributed by atoms with E-state index in [1.807, 2.05) is 34.8 Å². The fraction of sp³-hybridized carbons (Fsp3) is 0.429. The van der Waals surface area contributed by atoms with E-state index in [1.54, 1.807) is 11.3 Å². The predicted octanol–water partition coefficient (Wildman–Crippen LogP) is 3.54. The van der Waals surface area contributed by atoms with Gasteiger partial charge in [-0.05, 0) is 37.4 Å². The van der Waals surface area contributed by atoms with Crippen LogP contribution in [0.25, 0.3) is 9.88 Å². The van der Waals surface area contributed by atoms with E-state index in [1.165, 1.54) is 11.3 Å². The molecule has 0 unspecified atom stereocenters. The van der Waals surface area contributed by atoms with E-state index in [2.05, 4.69) is 10.3 Å². The highest BCUT2D eigenvalue weighted by molar-refractivity contribution is 7.20. The average Bonchev–Trinajstić information content (AvgIpc) is 3.17. The summed E-state index contributed by atoms with van der Waals surface area (Å²) in [6.07, 6.45) is 2.04. The van der Waals surface area contributed by atoms with Crippen molar-refractivity contribution in [3.05, 3.63) is 28.6 Å². The van der Waals surface area contributed by atoms with Gasteiger partial charge in [-0.15, -0.1) is 47.5 Å². The minimum absolute atomic E-state index is 0. The van der Waals surface area contributed by atoms with Crippen molar-refractivity contribution < 1.29 is 4.79 Å². The fourth-order valence-electron chi connectivity index (χ4n) is 2.43. The van der Waals surface area contributed by atoms with Crippen LogP contribution in [0.5, 0.6) is 0 Å². The number of hydrogen-bond donors (Lipinski definition) is 1. The van der Waals surface area contributed by atoms with Crippen LogP contribution in [0, 0.1) is 0 Å². The maximum Gasteiger partial charge on any atom is 0.273 e. The van der Waals surface area contributed by atoms with Gasteiger partial charge in [0.1, 0.15) is 10.7 Å². The number of thiophene rings is 1. The Labute approximate surface area is 150 Å². The standard InChI is InChI=1S/C14H17N3OS2.2ClH/c1-17(10-4-6-15-7-5-10)14(18)11-9-20-13(16-11)12-3-2-8-19-12;;/h2-3,8-10,15H,4-7H2,1H3;2*1H. The molecule has 1 aliphatic rings. The number of hydrogen-bond acceptors (Lipinski definition) is 5. The second-order valence-corrected chi connectivity index (χ2v) is 6.72. The molecule has 1 fully saturated rings. The molecule has 4 nitrogen and oxygen atoms in total. The van der Waals surface area contributed by atoms with Crippen molar-refractivity contribution in [3.8, 4) is 9.88 Å². The first-order valence-electron chi connectivity index (χ1n) is 6.73. The molecule has 0 saturated carbocycles. The van der Waals surface area contributed by atoms with Gasteiger partial charge in [0.25, 0.3) is 5.91 Å². The normalized spacial score (nSPS) is 14.8. The summed E-state index contributed by atoms with van der Waals surface area (Å²) in [6.45, 7) is 1.97. The molecule has 3 heterocycles. The van der Waals surface area contributed by atoms with E-state index >= 15 is 0 Å². The van der Waals surface area contributed by atoms with Crippen LogP contribution in [0.2, 0.25) is 0 Å². The zero-order chi connectivity index (χ0) is 13.9. The van der Waals surface area contributed by atoms with E-state index in [-0.39, 0.29) is 30.7 Å². The maximum absolute atomic E-state index is 12.5. The van der Waals surface area contributed by atoms with Crippen LogP contribution in [-0.4, -0.2) is 42.0 Å². The minimum atomic E-state index is 0. The molecule has 22 heavy (non-hydrogen) atoms. The Hall–Kier alpha value is -0.660. The lowest BCUT2D eigenvalue weighted by atomic mass is 10.1. The van der Waals surface area contributed by atoms with Crippen LogP contribution in [0.1, 0.15) is 23.3 Å². The Morgan fingerprint density at radius 2 is 2.05 bits per heavy atom. The Morgan fingerprint density at radius 3 is 2.68 bits per heavy atom. The lowest BCUT2D eigenvalue weighted by Crippen LogP contribution is -2.44. The highest BCUT2D eigenvalue weighted by Gasteiger charge is 2.24. The van der Waals surface area contributed by atoms with Crippen LogP contribution in [-0.2, 0) is 0 Å². The number of amides is 1. The Balaban J connectivity index is 0.00000121. The number of rotatable bonds is 3. The highest BCUT2D eigenvalue weighted by atomic mass is 35.5. The van der Waals surface area contributed by atoms with Gasteiger partial charge in [0.15, 0.2) is 0 Å². The van der Waals surface area contributed by atoms with E-state index in [4.69, 9.17) is 0 Å². The second-order valence-electron chi connectivity index (χ2n) is 4.91. The number of carbonyl (C=O) groups excluding carboxylic acids is 1. The summed E-state index contributed by atoms with van der Waals surface area (Å²) in [5.41, 5.74) is 0.569. The molecule has 0 bridgehead atoms. The first kappa shape index (κ1) is 19.4. The lowest BCUT2D eigenvalue weighted by Gasteiger charge is -2.31. The number of nitrogens with one attached hydrogen (secondary N) is 1. The Morgan fingerprint density at radius 1 is 1.32 bits per heavy atom. The van der Waals surface area contributed by atoms with Crippen molar-refractivity contribution in [2.75, 3.05) is 20.1 Å². The molecule has 3 rings (SSSR count). The summed E-state index contributed by atoms with van der Waals surface area (Å²) in [6, 6.07) is 4.37. The van der Waals surface area contributed by atoms with Crippen LogP contribution in [0.15, 0.2) is 22.9 Å². The topological polar surface area (TPSA) is 45.2 Å². The van der Waals surface area contributed by atoms with Crippen molar-refractivity contribution in [2.24, 2.45) is 0 Å². The molecular weight excluding hydrogens is 361 g/mol. The maximum atomic E-state index is 12.5. The van der Waals surface area contributed by atoms with E-state index in [0.29, 0.717) is 11.7 Å². The zero-order valence-corrected chi connectivity index (χ0v) is 15.4. The smallest absolute Gasteiger partial charge is 0.273 e. The summed E-state index contributed by atoms with van der Waals surface area (Å²) in [5.74, 6) is 0.0379. The molecular formula is C14H19Cl2N3OS2. The lowest BCUT2D eigenvalue weighted by molar-refractivity contribution is 0.0698. The molecule has 0 spiro atoms. The number of nitrogens with zero attached hydrogens (tertiary/aromatic N) is 2. The quantitative estimate of drug-likeness (QED) is 0.886. The molecule has 1 N–H and O–H groups in total. The molecule has 8 heteroatoms. The van der Waals surface area contributed by atoms with E-state index in [9.17, 15) is 4.79 Å². The van der Waals surface area contributed by atoms with Gasteiger partial charge in [-0.3, -0.25) is 4.79 Å². The van der Waals surface area contributed by atoms with Crippen LogP contribution in [0.3, 0.4) is 0 Å². The van der Waals surface area contributed by atoms with Gasteiger partial charge in [0.2, 0.25) is 0 Å². The van der Waals surface area contributed by atoms with Crippen LogP contribution in [0.4, 0.5) is 0 Å². The van der Waals surface area contributed by atoms with E-state index in [0.717, 1.165) is 35.8 Å². The molecule has 0 aliphatic carbocycles. The molecule has 0 atom stereocenters. The SMILES string of the molecule is CN(C(=O)c1csc(-c2cccs2)n1)C1CCNCC1.Cl.Cl. The number of aromatic nitrogens is 1. The van der Waals surface area contributed by atoms with E-state index < -0.39 is 0 Å². The monoisotopic (exact) mass is 379 g/mol. The number of thiazole rings is 1. The Bertz CT molecular complexity index is 583. The van der Waals surface area contributed by atoms with Gasteiger partial charge in [-0.25, -0.2) is 4.98 Å². The molecule has 1 saturated heterocycles. The fourth-order valence-corrected chi connectivity index (χ4v) is 4.03. The van der Waals surface area contributed by atoms with Gasteiger partial charge >= 0.3 is 0 Å². The van der Waals surface area contributed by atoms with Crippen molar-refractivity contribution in [1.29, 1.82) is 0 Å². The first-order chi connectivity index (χ1) is 9.75. The van der Waals surface area contributed by atoms with Crippen LogP contribution >= 0.6 is 47.5 Å². The summed E-state index contributed by atoms with van der Waals surface area (Å²) < 4.78 is 0. The number of halogens is 2.